The molecule has 2 aliphatic heterocycles. The maximum atomic E-state index is 12.4. The molecule has 2 heterocycles. The summed E-state index contributed by atoms with van der Waals surface area (Å²) in [7, 11) is 1.52. The Labute approximate surface area is 192 Å². The first-order valence-corrected chi connectivity index (χ1v) is 10.7. The van der Waals surface area contributed by atoms with Crippen LogP contribution in [0.25, 0.3) is 6.08 Å². The second-order valence-electron chi connectivity index (χ2n) is 7.83. The van der Waals surface area contributed by atoms with Gasteiger partial charge in [-0.25, -0.2) is 9.79 Å². The molecule has 33 heavy (non-hydrogen) atoms. The van der Waals surface area contributed by atoms with E-state index in [2.05, 4.69) is 4.99 Å². The van der Waals surface area contributed by atoms with Gasteiger partial charge >= 0.3 is 5.97 Å². The summed E-state index contributed by atoms with van der Waals surface area (Å²) < 4.78 is 21.7. The first-order chi connectivity index (χ1) is 15.9. The number of hydrogen-bond donors (Lipinski definition) is 0. The minimum absolute atomic E-state index is 0.0905. The van der Waals surface area contributed by atoms with E-state index in [0.29, 0.717) is 43.4 Å². The van der Waals surface area contributed by atoms with Gasteiger partial charge in [0.15, 0.2) is 23.8 Å². The number of morpholine rings is 1. The fourth-order valence-corrected chi connectivity index (χ4v) is 3.50. The number of carbonyl (C=O) groups excluding carboxylic acids is 2. The summed E-state index contributed by atoms with van der Waals surface area (Å²) in [5.74, 6) is 0.549. The highest BCUT2D eigenvalue weighted by Gasteiger charge is 2.24. The Kier molecular flexibility index (Phi) is 6.74. The van der Waals surface area contributed by atoms with Crippen molar-refractivity contribution in [3.8, 4) is 11.5 Å². The Morgan fingerprint density at radius 1 is 1.09 bits per heavy atom. The van der Waals surface area contributed by atoms with Crippen molar-refractivity contribution in [3.63, 3.8) is 0 Å². The van der Waals surface area contributed by atoms with E-state index in [0.717, 1.165) is 16.7 Å². The number of amides is 1. The van der Waals surface area contributed by atoms with E-state index in [9.17, 15) is 9.59 Å². The van der Waals surface area contributed by atoms with Crippen LogP contribution >= 0.6 is 0 Å². The number of benzene rings is 2. The third kappa shape index (κ3) is 5.23. The van der Waals surface area contributed by atoms with E-state index in [-0.39, 0.29) is 24.1 Å². The van der Waals surface area contributed by atoms with Crippen LogP contribution < -0.4 is 9.47 Å². The van der Waals surface area contributed by atoms with Crippen molar-refractivity contribution in [3.05, 3.63) is 64.3 Å². The molecular weight excluding hydrogens is 424 g/mol. The Morgan fingerprint density at radius 2 is 1.88 bits per heavy atom. The third-order valence-corrected chi connectivity index (χ3v) is 5.58. The fraction of sp³-hybridized carbons (Fsp3) is 0.320. The Bertz CT molecular complexity index is 1130. The van der Waals surface area contributed by atoms with E-state index < -0.39 is 5.97 Å². The molecule has 8 nitrogen and oxygen atoms in total. The second kappa shape index (κ2) is 9.87. The predicted octanol–water partition coefficient (Wildman–Crippen LogP) is 2.89. The zero-order valence-electron chi connectivity index (χ0n) is 18.9. The molecule has 2 aromatic carbocycles. The average molecular weight is 450 g/mol. The molecule has 2 aromatic rings. The van der Waals surface area contributed by atoms with Gasteiger partial charge in [-0.1, -0.05) is 12.1 Å². The molecule has 0 atom stereocenters. The van der Waals surface area contributed by atoms with E-state index in [1.807, 2.05) is 32.0 Å². The van der Waals surface area contributed by atoms with Crippen LogP contribution in [0.2, 0.25) is 0 Å². The van der Waals surface area contributed by atoms with Crippen molar-refractivity contribution in [2.24, 2.45) is 4.99 Å². The Morgan fingerprint density at radius 3 is 2.61 bits per heavy atom. The molecule has 0 radical (unpaired) electrons. The fourth-order valence-electron chi connectivity index (χ4n) is 3.50. The first kappa shape index (κ1) is 22.5. The van der Waals surface area contributed by atoms with E-state index >= 15 is 0 Å². The number of nitrogens with zero attached hydrogens (tertiary/aromatic N) is 2. The quantitative estimate of drug-likeness (QED) is 0.497. The van der Waals surface area contributed by atoms with Crippen molar-refractivity contribution in [2.45, 2.75) is 13.8 Å². The highest BCUT2D eigenvalue weighted by molar-refractivity contribution is 6.12. The molecule has 0 unspecified atom stereocenters. The minimum atomic E-state index is -0.515. The first-order valence-electron chi connectivity index (χ1n) is 10.7. The molecule has 1 fully saturated rings. The molecule has 2 aliphatic rings. The van der Waals surface area contributed by atoms with Crippen LogP contribution in [-0.2, 0) is 19.1 Å². The standard InChI is InChI=1S/C25H26N2O6/c1-16-4-6-19(12-17(16)2)24-26-20(25(29)33-24)13-18-5-7-21(22(14-18)30-3)32-15-23(28)27-8-10-31-11-9-27/h4-7,12-14H,8-11,15H2,1-3H3/b20-13-. The van der Waals surface area contributed by atoms with Crippen molar-refractivity contribution in [1.29, 1.82) is 0 Å². The molecule has 8 heteroatoms. The molecule has 0 aliphatic carbocycles. The SMILES string of the molecule is COc1cc(/C=C2\N=C(c3ccc(C)c(C)c3)OC2=O)ccc1OCC(=O)N1CCOCC1. The molecule has 1 saturated heterocycles. The van der Waals surface area contributed by atoms with Crippen molar-refractivity contribution < 1.29 is 28.5 Å². The summed E-state index contributed by atoms with van der Waals surface area (Å²) in [6.45, 7) is 6.12. The van der Waals surface area contributed by atoms with Crippen LogP contribution in [-0.4, -0.2) is 62.7 Å². The highest BCUT2D eigenvalue weighted by Crippen LogP contribution is 2.30. The van der Waals surface area contributed by atoms with E-state index in [1.165, 1.54) is 7.11 Å². The van der Waals surface area contributed by atoms with Gasteiger partial charge in [0.05, 0.1) is 20.3 Å². The van der Waals surface area contributed by atoms with Crippen LogP contribution in [0.1, 0.15) is 22.3 Å². The Hall–Kier alpha value is -3.65. The maximum absolute atomic E-state index is 12.4. The lowest BCUT2D eigenvalue weighted by Gasteiger charge is -2.26. The van der Waals surface area contributed by atoms with Crippen LogP contribution in [0, 0.1) is 13.8 Å². The van der Waals surface area contributed by atoms with Gasteiger partial charge in [-0.05, 0) is 60.9 Å². The van der Waals surface area contributed by atoms with Gasteiger partial charge in [0.1, 0.15) is 0 Å². The average Bonchev–Trinajstić information content (AvgIpc) is 3.20. The minimum Gasteiger partial charge on any atom is -0.493 e. The topological polar surface area (TPSA) is 86.7 Å². The number of ether oxygens (including phenoxy) is 4. The molecule has 1 amide bonds. The molecule has 0 saturated carbocycles. The van der Waals surface area contributed by atoms with Gasteiger partial charge in [0.25, 0.3) is 5.91 Å². The zero-order valence-corrected chi connectivity index (χ0v) is 18.9. The maximum Gasteiger partial charge on any atom is 0.363 e. The van der Waals surface area contributed by atoms with Gasteiger partial charge < -0.3 is 23.8 Å². The normalized spacial score (nSPS) is 17.1. The highest BCUT2D eigenvalue weighted by atomic mass is 16.6. The number of methoxy groups -OCH3 is 1. The Balaban J connectivity index is 1.48. The van der Waals surface area contributed by atoms with Gasteiger partial charge in [0, 0.05) is 18.7 Å². The molecule has 0 bridgehead atoms. The van der Waals surface area contributed by atoms with Gasteiger partial charge in [0.2, 0.25) is 5.90 Å². The summed E-state index contributed by atoms with van der Waals surface area (Å²) in [5.41, 5.74) is 3.88. The molecule has 0 spiro atoms. The molecule has 0 aromatic heterocycles. The smallest absolute Gasteiger partial charge is 0.363 e. The lowest BCUT2D eigenvalue weighted by atomic mass is 10.1. The third-order valence-electron chi connectivity index (χ3n) is 5.58. The summed E-state index contributed by atoms with van der Waals surface area (Å²) in [6, 6.07) is 11.0. The van der Waals surface area contributed by atoms with Gasteiger partial charge in [-0.15, -0.1) is 0 Å². The van der Waals surface area contributed by atoms with E-state index in [1.54, 1.807) is 29.2 Å². The monoisotopic (exact) mass is 450 g/mol. The van der Waals surface area contributed by atoms with Gasteiger partial charge in [-0.3, -0.25) is 4.79 Å². The molecule has 0 N–H and O–H groups in total. The molecular formula is C25H26N2O6. The van der Waals surface area contributed by atoms with Crippen molar-refractivity contribution in [1.82, 2.24) is 4.90 Å². The number of aryl methyl sites for hydroxylation is 2. The van der Waals surface area contributed by atoms with Gasteiger partial charge in [-0.2, -0.15) is 0 Å². The zero-order chi connectivity index (χ0) is 23.4. The summed E-state index contributed by atoms with van der Waals surface area (Å²) in [6.07, 6.45) is 1.63. The second-order valence-corrected chi connectivity index (χ2v) is 7.83. The number of hydrogen-bond acceptors (Lipinski definition) is 7. The van der Waals surface area contributed by atoms with Crippen LogP contribution in [0.5, 0.6) is 11.5 Å². The number of aliphatic imine (C=N–C) groups is 1. The van der Waals surface area contributed by atoms with Crippen molar-refractivity contribution >= 4 is 23.9 Å². The predicted molar refractivity (Wildman–Crippen MR) is 122 cm³/mol. The van der Waals surface area contributed by atoms with E-state index in [4.69, 9.17) is 18.9 Å². The number of carbonyl (C=O) groups is 2. The van der Waals surface area contributed by atoms with Crippen molar-refractivity contribution in [2.75, 3.05) is 40.0 Å². The molecule has 4 rings (SSSR count). The summed E-state index contributed by atoms with van der Waals surface area (Å²) in [4.78, 5) is 30.8. The molecule has 172 valence electrons. The lowest BCUT2D eigenvalue weighted by Crippen LogP contribution is -2.43. The number of esters is 1. The lowest BCUT2D eigenvalue weighted by molar-refractivity contribution is -0.137. The summed E-state index contributed by atoms with van der Waals surface area (Å²) in [5, 5.41) is 0. The van der Waals surface area contributed by atoms with Crippen LogP contribution in [0.4, 0.5) is 0 Å². The number of cyclic esters (lactones) is 1. The largest absolute Gasteiger partial charge is 0.493 e. The van der Waals surface area contributed by atoms with Crippen LogP contribution in [0.15, 0.2) is 47.1 Å². The number of rotatable bonds is 6. The summed E-state index contributed by atoms with van der Waals surface area (Å²) >= 11 is 0. The van der Waals surface area contributed by atoms with Crippen LogP contribution in [0.3, 0.4) is 0 Å².